The normalized spacial score (nSPS) is 11.3. The average Bonchev–Trinajstić information content (AvgIpc) is 2.68. The predicted molar refractivity (Wildman–Crippen MR) is 80.5 cm³/mol. The number of halogens is 1. The smallest absolute Gasteiger partial charge is 0.338 e. The van der Waals surface area contributed by atoms with Crippen LogP contribution in [0.3, 0.4) is 0 Å². The van der Waals surface area contributed by atoms with E-state index >= 15 is 0 Å². The van der Waals surface area contributed by atoms with Crippen LogP contribution in [0.15, 0.2) is 23.1 Å². The standard InChI is InChI=1S/C14H16ClNO2S/c1-8(2)16-10-7-5-6-9(14(17)18-3)11(10)12(19-4)13(16)15/h5-8H,1-4H3. The Morgan fingerprint density at radius 1 is 1.42 bits per heavy atom. The van der Waals surface area contributed by atoms with Crippen LogP contribution < -0.4 is 0 Å². The van der Waals surface area contributed by atoms with E-state index in [4.69, 9.17) is 16.3 Å². The minimum Gasteiger partial charge on any atom is -0.465 e. The Morgan fingerprint density at radius 3 is 2.63 bits per heavy atom. The highest BCUT2D eigenvalue weighted by Crippen LogP contribution is 2.40. The zero-order chi connectivity index (χ0) is 14.2. The van der Waals surface area contributed by atoms with E-state index in [-0.39, 0.29) is 12.0 Å². The highest BCUT2D eigenvalue weighted by Gasteiger charge is 2.22. The molecule has 0 N–H and O–H groups in total. The third kappa shape index (κ3) is 2.23. The topological polar surface area (TPSA) is 31.2 Å². The van der Waals surface area contributed by atoms with Gasteiger partial charge in [-0.1, -0.05) is 17.7 Å². The number of benzene rings is 1. The van der Waals surface area contributed by atoms with E-state index in [1.165, 1.54) is 7.11 Å². The second-order valence-corrected chi connectivity index (χ2v) is 5.65. The van der Waals surface area contributed by atoms with Crippen molar-refractivity contribution in [1.82, 2.24) is 4.57 Å². The first kappa shape index (κ1) is 14.3. The predicted octanol–water partition coefficient (Wildman–Crippen LogP) is 4.38. The first-order valence-electron chi connectivity index (χ1n) is 5.97. The van der Waals surface area contributed by atoms with Crippen LogP contribution in [-0.4, -0.2) is 23.9 Å². The van der Waals surface area contributed by atoms with Crippen molar-refractivity contribution in [3.8, 4) is 0 Å². The third-order valence-electron chi connectivity index (χ3n) is 3.05. The lowest BCUT2D eigenvalue weighted by Gasteiger charge is -2.11. The Morgan fingerprint density at radius 2 is 2.11 bits per heavy atom. The Kier molecular flexibility index (Phi) is 4.11. The monoisotopic (exact) mass is 297 g/mol. The number of esters is 1. The highest BCUT2D eigenvalue weighted by molar-refractivity contribution is 7.99. The number of rotatable bonds is 3. The number of aromatic nitrogens is 1. The van der Waals surface area contributed by atoms with Crippen LogP contribution >= 0.6 is 23.4 Å². The molecule has 0 amide bonds. The molecule has 0 saturated heterocycles. The molecule has 0 aliphatic carbocycles. The number of hydrogen-bond acceptors (Lipinski definition) is 3. The maximum Gasteiger partial charge on any atom is 0.338 e. The Bertz CT molecular complexity index is 634. The molecule has 0 radical (unpaired) electrons. The van der Waals surface area contributed by atoms with Gasteiger partial charge in [0, 0.05) is 11.4 Å². The molecular weight excluding hydrogens is 282 g/mol. The number of thioether (sulfide) groups is 1. The maximum atomic E-state index is 11.9. The molecule has 0 aliphatic rings. The number of carbonyl (C=O) groups excluding carboxylic acids is 1. The van der Waals surface area contributed by atoms with E-state index in [0.717, 1.165) is 15.8 Å². The van der Waals surface area contributed by atoms with Gasteiger partial charge in [0.25, 0.3) is 0 Å². The molecule has 3 nitrogen and oxygen atoms in total. The molecule has 0 atom stereocenters. The van der Waals surface area contributed by atoms with Gasteiger partial charge in [-0.2, -0.15) is 0 Å². The van der Waals surface area contributed by atoms with Crippen molar-refractivity contribution in [3.63, 3.8) is 0 Å². The molecule has 0 spiro atoms. The minimum absolute atomic E-state index is 0.226. The van der Waals surface area contributed by atoms with E-state index < -0.39 is 0 Å². The zero-order valence-corrected chi connectivity index (χ0v) is 12.9. The second kappa shape index (κ2) is 5.47. The largest absolute Gasteiger partial charge is 0.465 e. The van der Waals surface area contributed by atoms with Crippen molar-refractivity contribution in [3.05, 3.63) is 28.9 Å². The second-order valence-electron chi connectivity index (χ2n) is 4.48. The summed E-state index contributed by atoms with van der Waals surface area (Å²) in [5, 5.41) is 1.55. The summed E-state index contributed by atoms with van der Waals surface area (Å²) in [4.78, 5) is 12.8. The summed E-state index contributed by atoms with van der Waals surface area (Å²) in [6.45, 7) is 4.14. The fourth-order valence-corrected chi connectivity index (χ4v) is 3.57. The van der Waals surface area contributed by atoms with Crippen molar-refractivity contribution >= 4 is 40.2 Å². The summed E-state index contributed by atoms with van der Waals surface area (Å²) in [5.41, 5.74) is 1.53. The van der Waals surface area contributed by atoms with Gasteiger partial charge in [0.2, 0.25) is 0 Å². The van der Waals surface area contributed by atoms with Crippen LogP contribution in [-0.2, 0) is 4.74 Å². The van der Waals surface area contributed by atoms with Gasteiger partial charge in [0.1, 0.15) is 5.15 Å². The molecule has 0 unspecified atom stereocenters. The third-order valence-corrected chi connectivity index (χ3v) is 4.34. The van der Waals surface area contributed by atoms with Crippen LogP contribution in [0.4, 0.5) is 0 Å². The van der Waals surface area contributed by atoms with Crippen molar-refractivity contribution in [1.29, 1.82) is 0 Å². The molecule has 102 valence electrons. The number of ether oxygens (including phenoxy) is 1. The fourth-order valence-electron chi connectivity index (χ4n) is 2.27. The number of methoxy groups -OCH3 is 1. The zero-order valence-electron chi connectivity index (χ0n) is 11.4. The van der Waals surface area contributed by atoms with Gasteiger partial charge in [-0.05, 0) is 32.2 Å². The lowest BCUT2D eigenvalue weighted by atomic mass is 10.1. The van der Waals surface area contributed by atoms with E-state index in [1.54, 1.807) is 17.8 Å². The van der Waals surface area contributed by atoms with Gasteiger partial charge in [-0.3, -0.25) is 0 Å². The van der Waals surface area contributed by atoms with E-state index in [0.29, 0.717) is 10.7 Å². The summed E-state index contributed by atoms with van der Waals surface area (Å²) in [5.74, 6) is -0.335. The minimum atomic E-state index is -0.335. The fraction of sp³-hybridized carbons (Fsp3) is 0.357. The Balaban J connectivity index is 2.89. The average molecular weight is 298 g/mol. The van der Waals surface area contributed by atoms with Crippen molar-refractivity contribution in [2.45, 2.75) is 24.8 Å². The molecule has 2 rings (SSSR count). The van der Waals surface area contributed by atoms with Crippen LogP contribution in [0.5, 0.6) is 0 Å². The molecule has 5 heteroatoms. The van der Waals surface area contributed by atoms with Crippen molar-refractivity contribution in [2.24, 2.45) is 0 Å². The SMILES string of the molecule is COC(=O)c1cccc2c1c(SC)c(Cl)n2C(C)C. The van der Waals surface area contributed by atoms with Crippen LogP contribution in [0, 0.1) is 0 Å². The van der Waals surface area contributed by atoms with Crippen molar-refractivity contribution < 1.29 is 9.53 Å². The molecule has 0 fully saturated rings. The number of hydrogen-bond donors (Lipinski definition) is 0. The molecule has 0 bridgehead atoms. The number of nitrogens with zero attached hydrogens (tertiary/aromatic N) is 1. The van der Waals surface area contributed by atoms with E-state index in [1.807, 2.05) is 23.0 Å². The number of fused-ring (bicyclic) bond motifs is 1. The molecular formula is C14H16ClNO2S. The summed E-state index contributed by atoms with van der Waals surface area (Å²) in [6.07, 6.45) is 1.96. The highest BCUT2D eigenvalue weighted by atomic mass is 35.5. The molecule has 0 saturated carbocycles. The first-order valence-corrected chi connectivity index (χ1v) is 7.57. The van der Waals surface area contributed by atoms with Crippen LogP contribution in [0.2, 0.25) is 5.15 Å². The van der Waals surface area contributed by atoms with Gasteiger partial charge in [0.05, 0.1) is 23.1 Å². The van der Waals surface area contributed by atoms with Crippen LogP contribution in [0.1, 0.15) is 30.2 Å². The first-order chi connectivity index (χ1) is 9.02. The van der Waals surface area contributed by atoms with Crippen LogP contribution in [0.25, 0.3) is 10.9 Å². The van der Waals surface area contributed by atoms with Gasteiger partial charge >= 0.3 is 5.97 Å². The molecule has 1 aromatic heterocycles. The molecule has 1 heterocycles. The summed E-state index contributed by atoms with van der Waals surface area (Å²) in [6, 6.07) is 5.83. The Labute approximate surface area is 121 Å². The number of carbonyl (C=O) groups is 1. The molecule has 0 aliphatic heterocycles. The molecule has 19 heavy (non-hydrogen) atoms. The van der Waals surface area contributed by atoms with Gasteiger partial charge in [-0.25, -0.2) is 4.79 Å². The van der Waals surface area contributed by atoms with E-state index in [2.05, 4.69) is 13.8 Å². The summed E-state index contributed by atoms with van der Waals surface area (Å²) < 4.78 is 6.89. The Hall–Kier alpha value is -1.13. The maximum absolute atomic E-state index is 11.9. The summed E-state index contributed by atoms with van der Waals surface area (Å²) >= 11 is 8.00. The quantitative estimate of drug-likeness (QED) is 0.622. The lowest BCUT2D eigenvalue weighted by molar-refractivity contribution is 0.0603. The van der Waals surface area contributed by atoms with E-state index in [9.17, 15) is 4.79 Å². The van der Waals surface area contributed by atoms with Gasteiger partial charge < -0.3 is 9.30 Å². The van der Waals surface area contributed by atoms with Gasteiger partial charge in [0.15, 0.2) is 0 Å². The van der Waals surface area contributed by atoms with Gasteiger partial charge in [-0.15, -0.1) is 11.8 Å². The van der Waals surface area contributed by atoms with Crippen molar-refractivity contribution in [2.75, 3.05) is 13.4 Å². The molecule has 1 aromatic carbocycles. The molecule has 2 aromatic rings. The summed E-state index contributed by atoms with van der Waals surface area (Å²) in [7, 11) is 1.39. The lowest BCUT2D eigenvalue weighted by Crippen LogP contribution is -2.03.